The van der Waals surface area contributed by atoms with Crippen LogP contribution in [0.3, 0.4) is 0 Å². The van der Waals surface area contributed by atoms with E-state index in [-0.39, 0.29) is 25.7 Å². The third-order valence-corrected chi connectivity index (χ3v) is 6.24. The van der Waals surface area contributed by atoms with Crippen molar-refractivity contribution >= 4 is 27.5 Å². The molecule has 1 aliphatic heterocycles. The molecule has 1 saturated heterocycles. The zero-order valence-electron chi connectivity index (χ0n) is 12.3. The first kappa shape index (κ1) is 17.4. The first-order valence-electron chi connectivity index (χ1n) is 7.00. The molecule has 1 fully saturated rings. The molecular weight excluding hydrogens is 328 g/mol. The number of morpholine rings is 1. The average Bonchev–Trinajstić information content (AvgIpc) is 2.96. The lowest BCUT2D eigenvalue weighted by Gasteiger charge is -2.34. The maximum atomic E-state index is 12.7. The molecule has 124 valence electrons. The van der Waals surface area contributed by atoms with E-state index in [2.05, 4.69) is 0 Å². The Bertz CT molecular complexity index is 588. The second-order valence-electron chi connectivity index (χ2n) is 5.10. The molecule has 0 aromatic carbocycles. The Morgan fingerprint density at radius 3 is 2.95 bits per heavy atom. The van der Waals surface area contributed by atoms with Gasteiger partial charge in [-0.1, -0.05) is 6.07 Å². The summed E-state index contributed by atoms with van der Waals surface area (Å²) in [6.45, 7) is 2.25. The summed E-state index contributed by atoms with van der Waals surface area (Å²) in [4.78, 5) is 12.0. The van der Waals surface area contributed by atoms with Gasteiger partial charge in [-0.25, -0.2) is 0 Å². The van der Waals surface area contributed by atoms with Gasteiger partial charge in [0.2, 0.25) is 0 Å². The fourth-order valence-electron chi connectivity index (χ4n) is 2.28. The predicted octanol–water partition coefficient (Wildman–Crippen LogP) is 0.643. The van der Waals surface area contributed by atoms with Gasteiger partial charge < -0.3 is 9.84 Å². The summed E-state index contributed by atoms with van der Waals surface area (Å²) in [7, 11) is -3.79. The Morgan fingerprint density at radius 2 is 2.36 bits per heavy atom. The van der Waals surface area contributed by atoms with Crippen LogP contribution in [0.5, 0.6) is 0 Å². The number of hydrogen-bond donors (Lipinski definition) is 1. The third kappa shape index (κ3) is 4.50. The minimum atomic E-state index is -3.79. The van der Waals surface area contributed by atoms with Gasteiger partial charge in [0.1, 0.15) is 6.54 Å². The van der Waals surface area contributed by atoms with Crippen LogP contribution in [0.4, 0.5) is 0 Å². The quantitative estimate of drug-likeness (QED) is 0.781. The topological polar surface area (TPSA) is 87.2 Å². The number of carbonyl (C=O) groups is 1. The Kier molecular flexibility index (Phi) is 5.93. The number of aliphatic carboxylic acids is 1. The molecule has 0 amide bonds. The fourth-order valence-corrected chi connectivity index (χ4v) is 4.60. The number of ether oxygens (including phenoxy) is 1. The van der Waals surface area contributed by atoms with Crippen molar-refractivity contribution in [2.45, 2.75) is 19.4 Å². The number of hydrogen-bond acceptors (Lipinski definition) is 5. The van der Waals surface area contributed by atoms with Gasteiger partial charge >= 0.3 is 5.97 Å². The molecule has 1 aliphatic rings. The van der Waals surface area contributed by atoms with Crippen LogP contribution in [0, 0.1) is 0 Å². The maximum absolute atomic E-state index is 12.7. The number of rotatable bonds is 7. The first-order chi connectivity index (χ1) is 10.4. The largest absolute Gasteiger partial charge is 0.480 e. The van der Waals surface area contributed by atoms with Gasteiger partial charge in [0.25, 0.3) is 10.2 Å². The van der Waals surface area contributed by atoms with Crippen molar-refractivity contribution in [2.24, 2.45) is 0 Å². The van der Waals surface area contributed by atoms with Crippen LogP contribution in [-0.2, 0) is 26.2 Å². The van der Waals surface area contributed by atoms with Crippen molar-refractivity contribution in [2.75, 3.05) is 32.8 Å². The van der Waals surface area contributed by atoms with Crippen molar-refractivity contribution in [3.63, 3.8) is 0 Å². The molecular formula is C13H20N2O5S2. The molecule has 1 aromatic heterocycles. The Hall–Kier alpha value is -1.00. The van der Waals surface area contributed by atoms with Crippen molar-refractivity contribution in [1.82, 2.24) is 8.61 Å². The summed E-state index contributed by atoms with van der Waals surface area (Å²) >= 11 is 1.53. The van der Waals surface area contributed by atoms with E-state index in [0.29, 0.717) is 13.0 Å². The van der Waals surface area contributed by atoms with Crippen LogP contribution in [-0.4, -0.2) is 67.0 Å². The van der Waals surface area contributed by atoms with Crippen molar-refractivity contribution < 1.29 is 23.1 Å². The molecule has 9 heteroatoms. The molecule has 1 aromatic rings. The lowest BCUT2D eigenvalue weighted by Crippen LogP contribution is -2.52. The van der Waals surface area contributed by atoms with Crippen LogP contribution in [0.25, 0.3) is 0 Å². The average molecular weight is 348 g/mol. The van der Waals surface area contributed by atoms with Gasteiger partial charge in [-0.15, -0.1) is 11.3 Å². The summed E-state index contributed by atoms with van der Waals surface area (Å²) in [5.74, 6) is -1.16. The van der Waals surface area contributed by atoms with Crippen molar-refractivity contribution in [3.8, 4) is 0 Å². The van der Waals surface area contributed by atoms with Crippen LogP contribution < -0.4 is 0 Å². The molecule has 0 radical (unpaired) electrons. The van der Waals surface area contributed by atoms with Gasteiger partial charge in [0.15, 0.2) is 0 Å². The molecule has 2 heterocycles. The Labute approximate surface area is 134 Å². The van der Waals surface area contributed by atoms with E-state index in [1.165, 1.54) is 15.6 Å². The standard InChI is InChI=1S/C13H20N2O5S2/c1-11-9-15(6-7-20-11)22(18,19)14(10-13(16)17)5-4-12-3-2-8-21-12/h2-3,8,11H,4-7,9-10H2,1H3,(H,16,17). The molecule has 0 aliphatic carbocycles. The van der Waals surface area contributed by atoms with Crippen LogP contribution in [0.15, 0.2) is 17.5 Å². The minimum absolute atomic E-state index is 0.154. The lowest BCUT2D eigenvalue weighted by atomic mass is 10.3. The molecule has 0 spiro atoms. The predicted molar refractivity (Wildman–Crippen MR) is 83.1 cm³/mol. The summed E-state index contributed by atoms with van der Waals surface area (Å²) in [6, 6.07) is 3.80. The normalized spacial score (nSPS) is 20.4. The second kappa shape index (κ2) is 7.51. The number of thiophene rings is 1. The van der Waals surface area contributed by atoms with E-state index in [9.17, 15) is 13.2 Å². The van der Waals surface area contributed by atoms with Gasteiger partial charge in [-0.3, -0.25) is 4.79 Å². The molecule has 0 bridgehead atoms. The summed E-state index contributed by atoms with van der Waals surface area (Å²) in [6.07, 6.45) is 0.317. The number of carboxylic acids is 1. The van der Waals surface area contributed by atoms with Gasteiger partial charge in [-0.05, 0) is 24.8 Å². The Morgan fingerprint density at radius 1 is 1.59 bits per heavy atom. The van der Waals surface area contributed by atoms with E-state index in [1.807, 2.05) is 17.5 Å². The monoisotopic (exact) mass is 348 g/mol. The summed E-state index contributed by atoms with van der Waals surface area (Å²) in [5, 5.41) is 10.9. The van der Waals surface area contributed by atoms with Gasteiger partial charge in [0, 0.05) is 24.5 Å². The summed E-state index contributed by atoms with van der Waals surface area (Å²) in [5.41, 5.74) is 0. The van der Waals surface area contributed by atoms with Crippen LogP contribution >= 0.6 is 11.3 Å². The van der Waals surface area contributed by atoms with E-state index in [1.54, 1.807) is 6.92 Å². The molecule has 0 saturated carbocycles. The summed E-state index contributed by atoms with van der Waals surface area (Å²) < 4.78 is 33.0. The first-order valence-corrected chi connectivity index (χ1v) is 9.28. The SMILES string of the molecule is CC1CN(S(=O)(=O)N(CCc2cccs2)CC(=O)O)CCO1. The fraction of sp³-hybridized carbons (Fsp3) is 0.615. The second-order valence-corrected chi connectivity index (χ2v) is 8.06. The van der Waals surface area contributed by atoms with Gasteiger partial charge in [0.05, 0.1) is 12.7 Å². The Balaban J connectivity index is 2.10. The van der Waals surface area contributed by atoms with E-state index in [0.717, 1.165) is 9.18 Å². The molecule has 1 atom stereocenters. The zero-order valence-corrected chi connectivity index (χ0v) is 14.0. The highest BCUT2D eigenvalue weighted by molar-refractivity contribution is 7.86. The van der Waals surface area contributed by atoms with E-state index >= 15 is 0 Å². The number of carboxylic acid groups (broad SMARTS) is 1. The zero-order chi connectivity index (χ0) is 16.2. The molecule has 7 nitrogen and oxygen atoms in total. The highest BCUT2D eigenvalue weighted by Gasteiger charge is 2.33. The lowest BCUT2D eigenvalue weighted by molar-refractivity contribution is -0.137. The van der Waals surface area contributed by atoms with Crippen molar-refractivity contribution in [1.29, 1.82) is 0 Å². The van der Waals surface area contributed by atoms with E-state index in [4.69, 9.17) is 9.84 Å². The molecule has 22 heavy (non-hydrogen) atoms. The van der Waals surface area contributed by atoms with Crippen LogP contribution in [0.2, 0.25) is 0 Å². The number of nitrogens with zero attached hydrogens (tertiary/aromatic N) is 2. The van der Waals surface area contributed by atoms with Crippen LogP contribution in [0.1, 0.15) is 11.8 Å². The third-order valence-electron chi connectivity index (χ3n) is 3.36. The van der Waals surface area contributed by atoms with Crippen molar-refractivity contribution in [3.05, 3.63) is 22.4 Å². The molecule has 1 N–H and O–H groups in total. The molecule has 2 rings (SSSR count). The highest BCUT2D eigenvalue weighted by Crippen LogP contribution is 2.16. The highest BCUT2D eigenvalue weighted by atomic mass is 32.2. The molecule has 1 unspecified atom stereocenters. The van der Waals surface area contributed by atoms with Gasteiger partial charge in [-0.2, -0.15) is 17.0 Å². The minimum Gasteiger partial charge on any atom is -0.480 e. The maximum Gasteiger partial charge on any atom is 0.318 e. The smallest absolute Gasteiger partial charge is 0.318 e. The van der Waals surface area contributed by atoms with E-state index < -0.39 is 22.7 Å².